The summed E-state index contributed by atoms with van der Waals surface area (Å²) in [6.45, 7) is 9.26. The second-order valence-electron chi connectivity index (χ2n) is 6.40. The molecule has 0 spiro atoms. The van der Waals surface area contributed by atoms with Crippen molar-refractivity contribution in [3.8, 4) is 0 Å². The normalized spacial score (nSPS) is 28.8. The zero-order valence-electron chi connectivity index (χ0n) is 13.2. The third-order valence-electron chi connectivity index (χ3n) is 4.84. The Labute approximate surface area is 122 Å². The minimum absolute atomic E-state index is 0.0217. The van der Waals surface area contributed by atoms with Gasteiger partial charge in [-0.05, 0) is 31.1 Å². The molecule has 0 radical (unpaired) electrons. The Balaban J connectivity index is 2.49. The van der Waals surface area contributed by atoms with Crippen LogP contribution in [0.1, 0.15) is 47.0 Å². The van der Waals surface area contributed by atoms with Gasteiger partial charge in [0.2, 0.25) is 11.8 Å². The molecule has 116 valence electrons. The van der Waals surface area contributed by atoms with Crippen LogP contribution in [0.2, 0.25) is 0 Å². The molecule has 3 unspecified atom stereocenters. The zero-order valence-corrected chi connectivity index (χ0v) is 13.2. The Hall–Kier alpha value is -1.10. The van der Waals surface area contributed by atoms with Crippen molar-refractivity contribution in [3.05, 3.63) is 0 Å². The van der Waals surface area contributed by atoms with E-state index in [1.165, 1.54) is 0 Å². The number of carbonyl (C=O) groups is 2. The summed E-state index contributed by atoms with van der Waals surface area (Å²) in [5.74, 6) is 0.325. The number of rotatable bonds is 5. The van der Waals surface area contributed by atoms with Crippen LogP contribution in [-0.2, 0) is 9.59 Å². The summed E-state index contributed by atoms with van der Waals surface area (Å²) in [6.07, 6.45) is 2.05. The Morgan fingerprint density at radius 2 is 1.90 bits per heavy atom. The van der Waals surface area contributed by atoms with Gasteiger partial charge >= 0.3 is 0 Å². The van der Waals surface area contributed by atoms with Crippen LogP contribution >= 0.6 is 0 Å². The molecule has 1 saturated carbocycles. The topological polar surface area (TPSA) is 84.2 Å². The Morgan fingerprint density at radius 1 is 1.25 bits per heavy atom. The van der Waals surface area contributed by atoms with Crippen molar-refractivity contribution in [2.45, 2.75) is 53.0 Å². The standard InChI is InChI=1S/C15H29N3O2/c1-5-17-13(19)8-9-18-14(20)11-6-7-12(16)10(2)15(11,3)4/h10-12H,5-9,16H2,1-4H3,(H,17,19)(H,18,20). The van der Waals surface area contributed by atoms with Crippen molar-refractivity contribution in [1.82, 2.24) is 10.6 Å². The lowest BCUT2D eigenvalue weighted by Gasteiger charge is -2.46. The van der Waals surface area contributed by atoms with E-state index >= 15 is 0 Å². The number of nitrogens with two attached hydrogens (primary N) is 1. The van der Waals surface area contributed by atoms with Gasteiger partial charge in [-0.25, -0.2) is 0 Å². The smallest absolute Gasteiger partial charge is 0.223 e. The van der Waals surface area contributed by atoms with Gasteiger partial charge in [0.25, 0.3) is 0 Å². The summed E-state index contributed by atoms with van der Waals surface area (Å²) < 4.78 is 0. The number of carbonyl (C=O) groups excluding carboxylic acids is 2. The highest BCUT2D eigenvalue weighted by molar-refractivity contribution is 5.81. The predicted octanol–water partition coefficient (Wildman–Crippen LogP) is 1.03. The maximum Gasteiger partial charge on any atom is 0.223 e. The largest absolute Gasteiger partial charge is 0.356 e. The van der Waals surface area contributed by atoms with E-state index in [1.54, 1.807) is 0 Å². The van der Waals surface area contributed by atoms with Gasteiger partial charge in [0.15, 0.2) is 0 Å². The first-order valence-electron chi connectivity index (χ1n) is 7.60. The monoisotopic (exact) mass is 283 g/mol. The molecule has 0 aromatic rings. The molecular weight excluding hydrogens is 254 g/mol. The van der Waals surface area contributed by atoms with Crippen molar-refractivity contribution in [2.75, 3.05) is 13.1 Å². The summed E-state index contributed by atoms with van der Waals surface area (Å²) in [4.78, 5) is 23.7. The van der Waals surface area contributed by atoms with E-state index < -0.39 is 0 Å². The minimum Gasteiger partial charge on any atom is -0.356 e. The third-order valence-corrected chi connectivity index (χ3v) is 4.84. The molecule has 4 N–H and O–H groups in total. The van der Waals surface area contributed by atoms with Gasteiger partial charge in [-0.1, -0.05) is 20.8 Å². The van der Waals surface area contributed by atoms with Crippen molar-refractivity contribution < 1.29 is 9.59 Å². The summed E-state index contributed by atoms with van der Waals surface area (Å²) in [5.41, 5.74) is 6.00. The van der Waals surface area contributed by atoms with Crippen LogP contribution in [0.4, 0.5) is 0 Å². The van der Waals surface area contributed by atoms with Gasteiger partial charge in [0, 0.05) is 31.5 Å². The maximum atomic E-state index is 12.3. The first kappa shape index (κ1) is 17.0. The zero-order chi connectivity index (χ0) is 15.3. The molecule has 2 amide bonds. The highest BCUT2D eigenvalue weighted by atomic mass is 16.2. The number of nitrogens with one attached hydrogen (secondary N) is 2. The van der Waals surface area contributed by atoms with E-state index in [4.69, 9.17) is 5.73 Å². The molecule has 5 heteroatoms. The van der Waals surface area contributed by atoms with Crippen molar-refractivity contribution in [2.24, 2.45) is 23.0 Å². The molecule has 0 aromatic heterocycles. The lowest BCUT2D eigenvalue weighted by Crippen LogP contribution is -2.51. The van der Waals surface area contributed by atoms with Gasteiger partial charge in [-0.15, -0.1) is 0 Å². The van der Waals surface area contributed by atoms with Crippen LogP contribution in [0.15, 0.2) is 0 Å². The number of amides is 2. The second kappa shape index (κ2) is 7.07. The van der Waals surface area contributed by atoms with Gasteiger partial charge in [-0.3, -0.25) is 9.59 Å². The first-order valence-corrected chi connectivity index (χ1v) is 7.60. The quantitative estimate of drug-likeness (QED) is 0.704. The molecular formula is C15H29N3O2. The predicted molar refractivity (Wildman–Crippen MR) is 80.0 cm³/mol. The highest BCUT2D eigenvalue weighted by Gasteiger charge is 2.44. The van der Waals surface area contributed by atoms with Crippen LogP contribution in [-0.4, -0.2) is 30.9 Å². The highest BCUT2D eigenvalue weighted by Crippen LogP contribution is 2.44. The van der Waals surface area contributed by atoms with E-state index in [1.807, 2.05) is 6.92 Å². The summed E-state index contributed by atoms with van der Waals surface area (Å²) in [7, 11) is 0. The van der Waals surface area contributed by atoms with E-state index in [2.05, 4.69) is 31.4 Å². The molecule has 0 aromatic carbocycles. The molecule has 0 heterocycles. The average Bonchev–Trinajstić information content (AvgIpc) is 2.36. The molecule has 20 heavy (non-hydrogen) atoms. The molecule has 1 aliphatic rings. The summed E-state index contributed by atoms with van der Waals surface area (Å²) >= 11 is 0. The Kier molecular flexibility index (Phi) is 5.99. The molecule has 0 bridgehead atoms. The summed E-state index contributed by atoms with van der Waals surface area (Å²) in [5, 5.41) is 5.61. The van der Waals surface area contributed by atoms with Gasteiger partial charge in [-0.2, -0.15) is 0 Å². The fourth-order valence-corrected chi connectivity index (χ4v) is 3.03. The molecule has 0 aliphatic heterocycles. The summed E-state index contributed by atoms with van der Waals surface area (Å²) in [6, 6.07) is 0.171. The van der Waals surface area contributed by atoms with Crippen molar-refractivity contribution >= 4 is 11.8 Å². The molecule has 0 saturated heterocycles. The van der Waals surface area contributed by atoms with Crippen LogP contribution in [0.3, 0.4) is 0 Å². The van der Waals surface area contributed by atoms with Crippen molar-refractivity contribution in [3.63, 3.8) is 0 Å². The van der Waals surface area contributed by atoms with Crippen LogP contribution in [0.25, 0.3) is 0 Å². The molecule has 1 fully saturated rings. The lowest BCUT2D eigenvalue weighted by atomic mass is 9.61. The SMILES string of the molecule is CCNC(=O)CCNC(=O)C1CCC(N)C(C)C1(C)C. The van der Waals surface area contributed by atoms with E-state index in [0.717, 1.165) is 12.8 Å². The van der Waals surface area contributed by atoms with Crippen molar-refractivity contribution in [1.29, 1.82) is 0 Å². The number of hydrogen-bond acceptors (Lipinski definition) is 3. The fourth-order valence-electron chi connectivity index (χ4n) is 3.03. The molecule has 1 rings (SSSR count). The van der Waals surface area contributed by atoms with Gasteiger partial charge < -0.3 is 16.4 Å². The van der Waals surface area contributed by atoms with E-state index in [0.29, 0.717) is 25.4 Å². The van der Waals surface area contributed by atoms with Gasteiger partial charge in [0.1, 0.15) is 0 Å². The maximum absolute atomic E-state index is 12.3. The average molecular weight is 283 g/mol. The second-order valence-corrected chi connectivity index (χ2v) is 6.40. The van der Waals surface area contributed by atoms with E-state index in [-0.39, 0.29) is 29.2 Å². The van der Waals surface area contributed by atoms with Crippen LogP contribution < -0.4 is 16.4 Å². The molecule has 3 atom stereocenters. The lowest BCUT2D eigenvalue weighted by molar-refractivity contribution is -0.132. The Bertz CT molecular complexity index is 355. The molecule has 1 aliphatic carbocycles. The fraction of sp³-hybridized carbons (Fsp3) is 0.867. The van der Waals surface area contributed by atoms with E-state index in [9.17, 15) is 9.59 Å². The minimum atomic E-state index is -0.104. The third kappa shape index (κ3) is 3.95. The molecule has 5 nitrogen and oxygen atoms in total. The van der Waals surface area contributed by atoms with Gasteiger partial charge in [0.05, 0.1) is 0 Å². The number of hydrogen-bond donors (Lipinski definition) is 3. The first-order chi connectivity index (χ1) is 9.30. The van der Waals surface area contributed by atoms with Crippen LogP contribution in [0, 0.1) is 17.3 Å². The van der Waals surface area contributed by atoms with Crippen LogP contribution in [0.5, 0.6) is 0 Å². The Morgan fingerprint density at radius 3 is 2.50 bits per heavy atom.